The van der Waals surface area contributed by atoms with Gasteiger partial charge in [0.1, 0.15) is 10.9 Å². The number of rotatable bonds is 5. The van der Waals surface area contributed by atoms with Gasteiger partial charge in [0.15, 0.2) is 0 Å². The van der Waals surface area contributed by atoms with Gasteiger partial charge in [-0.25, -0.2) is 4.98 Å². The molecular weight excluding hydrogens is 240 g/mol. The second-order valence-electron chi connectivity index (χ2n) is 3.97. The molecule has 5 heteroatoms. The molecule has 1 aromatic rings. The lowest BCUT2D eigenvalue weighted by molar-refractivity contribution is 0.0358. The Morgan fingerprint density at radius 3 is 3.00 bits per heavy atom. The van der Waals surface area contributed by atoms with Crippen LogP contribution in [0, 0.1) is 0 Å². The van der Waals surface area contributed by atoms with Crippen LogP contribution in [0.25, 0.3) is 0 Å². The molecule has 0 spiro atoms. The van der Waals surface area contributed by atoms with Crippen molar-refractivity contribution in [1.29, 1.82) is 0 Å². The maximum absolute atomic E-state index is 5.77. The van der Waals surface area contributed by atoms with Crippen LogP contribution < -0.4 is 4.74 Å². The van der Waals surface area contributed by atoms with E-state index >= 15 is 0 Å². The van der Waals surface area contributed by atoms with Crippen LogP contribution >= 0.6 is 11.6 Å². The van der Waals surface area contributed by atoms with Gasteiger partial charge in [0.2, 0.25) is 0 Å². The summed E-state index contributed by atoms with van der Waals surface area (Å²) in [4.78, 5) is 6.30. The van der Waals surface area contributed by atoms with Gasteiger partial charge in [-0.05, 0) is 12.5 Å². The lowest BCUT2D eigenvalue weighted by atomic mass is 10.3. The Kier molecular flexibility index (Phi) is 5.04. The van der Waals surface area contributed by atoms with Crippen molar-refractivity contribution in [2.75, 3.05) is 39.5 Å². The average Bonchev–Trinajstić information content (AvgIpc) is 2.36. The minimum Gasteiger partial charge on any atom is -0.493 e. The molecule has 1 fully saturated rings. The fourth-order valence-electron chi connectivity index (χ4n) is 1.78. The summed E-state index contributed by atoms with van der Waals surface area (Å²) in [6.07, 6.45) is 2.67. The molecule has 0 aliphatic carbocycles. The molecule has 0 radical (unpaired) electrons. The van der Waals surface area contributed by atoms with Gasteiger partial charge >= 0.3 is 0 Å². The minimum absolute atomic E-state index is 0.468. The maximum Gasteiger partial charge on any atom is 0.132 e. The summed E-state index contributed by atoms with van der Waals surface area (Å²) >= 11 is 5.77. The zero-order valence-corrected chi connectivity index (χ0v) is 10.5. The zero-order chi connectivity index (χ0) is 11.9. The predicted molar refractivity (Wildman–Crippen MR) is 66.6 cm³/mol. The molecule has 17 heavy (non-hydrogen) atoms. The third-order valence-corrected chi connectivity index (χ3v) is 2.90. The molecule has 2 heterocycles. The van der Waals surface area contributed by atoms with Crippen molar-refractivity contribution in [3.05, 3.63) is 23.5 Å². The van der Waals surface area contributed by atoms with Crippen molar-refractivity contribution >= 4 is 11.6 Å². The molecule has 0 unspecified atom stereocenters. The topological polar surface area (TPSA) is 34.6 Å². The van der Waals surface area contributed by atoms with Crippen molar-refractivity contribution in [3.8, 4) is 5.75 Å². The van der Waals surface area contributed by atoms with Gasteiger partial charge < -0.3 is 9.47 Å². The van der Waals surface area contributed by atoms with E-state index in [1.54, 1.807) is 12.3 Å². The molecule has 4 nitrogen and oxygen atoms in total. The predicted octanol–water partition coefficient (Wildman–Crippen LogP) is 1.84. The van der Waals surface area contributed by atoms with Crippen molar-refractivity contribution in [3.63, 3.8) is 0 Å². The Labute approximate surface area is 106 Å². The van der Waals surface area contributed by atoms with Crippen LogP contribution in [0.3, 0.4) is 0 Å². The van der Waals surface area contributed by atoms with Crippen LogP contribution in [0.2, 0.25) is 5.15 Å². The van der Waals surface area contributed by atoms with Gasteiger partial charge in [0.05, 0.1) is 19.8 Å². The van der Waals surface area contributed by atoms with E-state index in [4.69, 9.17) is 21.1 Å². The Bertz CT molecular complexity index is 343. The number of halogens is 1. The summed E-state index contributed by atoms with van der Waals surface area (Å²) in [5, 5.41) is 0.468. The molecule has 0 aromatic carbocycles. The summed E-state index contributed by atoms with van der Waals surface area (Å²) in [5.74, 6) is 0.784. The quantitative estimate of drug-likeness (QED) is 0.595. The van der Waals surface area contributed by atoms with Crippen LogP contribution in [0.5, 0.6) is 5.75 Å². The van der Waals surface area contributed by atoms with Gasteiger partial charge in [-0.1, -0.05) is 11.6 Å². The van der Waals surface area contributed by atoms with Crippen molar-refractivity contribution in [2.24, 2.45) is 0 Å². The van der Waals surface area contributed by atoms with E-state index in [1.165, 1.54) is 0 Å². The van der Waals surface area contributed by atoms with Crippen LogP contribution in [-0.2, 0) is 4.74 Å². The van der Waals surface area contributed by atoms with E-state index in [1.807, 2.05) is 6.07 Å². The van der Waals surface area contributed by atoms with E-state index in [0.717, 1.165) is 45.0 Å². The number of hydrogen-bond acceptors (Lipinski definition) is 4. The highest BCUT2D eigenvalue weighted by Gasteiger charge is 2.09. The second-order valence-corrected chi connectivity index (χ2v) is 4.36. The Balaban J connectivity index is 1.62. The van der Waals surface area contributed by atoms with Gasteiger partial charge in [-0.2, -0.15) is 0 Å². The molecule has 0 bridgehead atoms. The lowest BCUT2D eigenvalue weighted by Crippen LogP contribution is -2.37. The molecule has 1 aromatic heterocycles. The van der Waals surface area contributed by atoms with Gasteiger partial charge in [0, 0.05) is 31.9 Å². The second kappa shape index (κ2) is 6.79. The molecule has 0 amide bonds. The number of nitrogens with zero attached hydrogens (tertiary/aromatic N) is 2. The maximum atomic E-state index is 5.77. The Morgan fingerprint density at radius 1 is 1.41 bits per heavy atom. The SMILES string of the molecule is Clc1cc(OCCCN2CCOCC2)ccn1. The number of hydrogen-bond donors (Lipinski definition) is 0. The molecule has 0 N–H and O–H groups in total. The summed E-state index contributed by atoms with van der Waals surface area (Å²) in [6.45, 7) is 5.52. The molecule has 1 aliphatic rings. The zero-order valence-electron chi connectivity index (χ0n) is 9.77. The molecule has 1 aliphatic heterocycles. The monoisotopic (exact) mass is 256 g/mol. The lowest BCUT2D eigenvalue weighted by Gasteiger charge is -2.26. The summed E-state index contributed by atoms with van der Waals surface area (Å²) < 4.78 is 10.9. The van der Waals surface area contributed by atoms with Crippen LogP contribution in [-0.4, -0.2) is 49.3 Å². The molecule has 2 rings (SSSR count). The van der Waals surface area contributed by atoms with E-state index in [-0.39, 0.29) is 0 Å². The number of ether oxygens (including phenoxy) is 2. The Morgan fingerprint density at radius 2 is 2.24 bits per heavy atom. The summed E-state index contributed by atoms with van der Waals surface area (Å²) in [7, 11) is 0. The Hall–Kier alpha value is -0.840. The van der Waals surface area contributed by atoms with E-state index in [0.29, 0.717) is 11.8 Å². The highest BCUT2D eigenvalue weighted by atomic mass is 35.5. The fraction of sp³-hybridized carbons (Fsp3) is 0.583. The molecule has 0 atom stereocenters. The van der Waals surface area contributed by atoms with E-state index < -0.39 is 0 Å². The average molecular weight is 257 g/mol. The van der Waals surface area contributed by atoms with Gasteiger partial charge in [0.25, 0.3) is 0 Å². The summed E-state index contributed by atoms with van der Waals surface area (Å²) in [6, 6.07) is 3.55. The normalized spacial score (nSPS) is 17.0. The van der Waals surface area contributed by atoms with Gasteiger partial charge in [-0.15, -0.1) is 0 Å². The minimum atomic E-state index is 0.468. The highest BCUT2D eigenvalue weighted by molar-refractivity contribution is 6.29. The van der Waals surface area contributed by atoms with Crippen molar-refractivity contribution < 1.29 is 9.47 Å². The van der Waals surface area contributed by atoms with Crippen molar-refractivity contribution in [2.45, 2.75) is 6.42 Å². The van der Waals surface area contributed by atoms with Crippen molar-refractivity contribution in [1.82, 2.24) is 9.88 Å². The first-order valence-corrected chi connectivity index (χ1v) is 6.27. The largest absolute Gasteiger partial charge is 0.493 e. The smallest absolute Gasteiger partial charge is 0.132 e. The molecule has 94 valence electrons. The standard InChI is InChI=1S/C12H17ClN2O2/c13-12-10-11(2-3-14-12)17-7-1-4-15-5-8-16-9-6-15/h2-3,10H,1,4-9H2. The molecule has 0 saturated carbocycles. The molecule has 1 saturated heterocycles. The number of aromatic nitrogens is 1. The van der Waals surface area contributed by atoms with Crippen LogP contribution in [0.4, 0.5) is 0 Å². The van der Waals surface area contributed by atoms with Crippen LogP contribution in [0.15, 0.2) is 18.3 Å². The summed E-state index contributed by atoms with van der Waals surface area (Å²) in [5.41, 5.74) is 0. The van der Waals surface area contributed by atoms with Crippen LogP contribution in [0.1, 0.15) is 6.42 Å². The fourth-order valence-corrected chi connectivity index (χ4v) is 1.94. The van der Waals surface area contributed by atoms with E-state index in [9.17, 15) is 0 Å². The first-order chi connectivity index (χ1) is 8.34. The third kappa shape index (κ3) is 4.50. The number of pyridine rings is 1. The highest BCUT2D eigenvalue weighted by Crippen LogP contribution is 2.14. The number of morpholine rings is 1. The van der Waals surface area contributed by atoms with E-state index in [2.05, 4.69) is 9.88 Å². The third-order valence-electron chi connectivity index (χ3n) is 2.69. The first-order valence-electron chi connectivity index (χ1n) is 5.89. The van der Waals surface area contributed by atoms with Gasteiger partial charge in [-0.3, -0.25) is 4.90 Å². The molecular formula is C12H17ClN2O2. The first kappa shape index (κ1) is 12.6.